The zero-order chi connectivity index (χ0) is 50.2. The van der Waals surface area contributed by atoms with Crippen molar-refractivity contribution in [2.75, 3.05) is 39.6 Å². The summed E-state index contributed by atoms with van der Waals surface area (Å²) in [5.41, 5.74) is 0. The summed E-state index contributed by atoms with van der Waals surface area (Å²) in [6, 6.07) is 0. The minimum atomic E-state index is -4.79. The maximum Gasteiger partial charge on any atom is 0.472 e. The van der Waals surface area contributed by atoms with E-state index in [1.54, 1.807) is 0 Å². The van der Waals surface area contributed by atoms with Gasteiger partial charge in [-0.1, -0.05) is 158 Å². The topological polar surface area (TPSA) is 225 Å². The lowest BCUT2D eigenvalue weighted by atomic mass is 10.1. The fourth-order valence-electron chi connectivity index (χ4n) is 6.43. The molecule has 0 aromatic heterocycles. The number of unbranched alkanes of at least 4 members (excludes halogenated alkanes) is 19. The fraction of sp³-hybridized carbons (Fsp3) is 0.765. The Kier molecular flexibility index (Phi) is 45.5. The van der Waals surface area contributed by atoms with E-state index in [9.17, 15) is 43.8 Å². The van der Waals surface area contributed by atoms with Crippen LogP contribution in [0.5, 0.6) is 0 Å². The number of hydrogen-bond donors (Lipinski definition) is 5. The monoisotopic (exact) mass is 1010 g/mol. The Morgan fingerprint density at radius 3 is 0.985 bits per heavy atom. The summed E-state index contributed by atoms with van der Waals surface area (Å²) in [6.45, 7) is 0.357. The number of carbonyl (C=O) groups is 2. The summed E-state index contributed by atoms with van der Waals surface area (Å²) in [5, 5.41) is 30.1. The molecule has 0 aliphatic rings. The molecule has 0 aromatic carbocycles. The van der Waals surface area contributed by atoms with Crippen molar-refractivity contribution in [3.05, 3.63) is 60.8 Å². The van der Waals surface area contributed by atoms with E-state index in [1.165, 1.54) is 70.6 Å². The smallest absolute Gasteiger partial charge is 0.463 e. The summed E-state index contributed by atoms with van der Waals surface area (Å²) in [7, 11) is -9.58. The summed E-state index contributed by atoms with van der Waals surface area (Å²) >= 11 is 0. The van der Waals surface area contributed by atoms with Crippen molar-refractivity contribution in [3.63, 3.8) is 0 Å². The SMILES string of the molecule is CCCCC/C=C\C/C=C\C/C=C\C/C=C\CCCCCCCC(=O)OCC(O)COP(=O)(O)OCC(O)COP(=O)(O)OCC(O)COC(=O)CCCCCCCCC/C=C\CCCCCC. The van der Waals surface area contributed by atoms with Gasteiger partial charge in [-0.25, -0.2) is 9.13 Å². The van der Waals surface area contributed by atoms with Crippen LogP contribution in [-0.2, 0) is 46.3 Å². The second-order valence-corrected chi connectivity index (χ2v) is 20.1. The van der Waals surface area contributed by atoms with E-state index in [0.717, 1.165) is 83.5 Å². The summed E-state index contributed by atoms with van der Waals surface area (Å²) in [4.78, 5) is 43.8. The van der Waals surface area contributed by atoms with Gasteiger partial charge in [0.1, 0.15) is 31.5 Å². The molecule has 0 aliphatic carbocycles. The Bertz CT molecular complexity index is 1450. The van der Waals surface area contributed by atoms with Gasteiger partial charge < -0.3 is 34.6 Å². The molecule has 5 unspecified atom stereocenters. The highest BCUT2D eigenvalue weighted by molar-refractivity contribution is 7.47. The Balaban J connectivity index is 3.90. The second kappa shape index (κ2) is 47.1. The first-order valence-corrected chi connectivity index (χ1v) is 28.6. The molecule has 0 rings (SSSR count). The van der Waals surface area contributed by atoms with E-state index in [1.807, 2.05) is 0 Å². The number of aliphatic hydroxyl groups is 3. The van der Waals surface area contributed by atoms with E-state index < -0.39 is 85.5 Å². The lowest BCUT2D eigenvalue weighted by Crippen LogP contribution is -2.25. The van der Waals surface area contributed by atoms with E-state index in [2.05, 4.69) is 92.7 Å². The number of carbonyl (C=O) groups excluding carboxylic acids is 2. The highest BCUT2D eigenvalue weighted by Crippen LogP contribution is 2.45. The van der Waals surface area contributed by atoms with Crippen LogP contribution < -0.4 is 0 Å². The predicted molar refractivity (Wildman–Crippen MR) is 270 cm³/mol. The molecule has 0 bridgehead atoms. The number of esters is 2. The molecule has 0 fully saturated rings. The third kappa shape index (κ3) is 48.8. The molecule has 0 spiro atoms. The first kappa shape index (κ1) is 65.7. The molecule has 396 valence electrons. The molecule has 17 heteroatoms. The molecule has 0 aliphatic heterocycles. The highest BCUT2D eigenvalue weighted by atomic mass is 31.2. The van der Waals surface area contributed by atoms with Crippen LogP contribution in [-0.4, -0.2) is 95.0 Å². The van der Waals surface area contributed by atoms with Crippen LogP contribution in [0.25, 0.3) is 0 Å². The Morgan fingerprint density at radius 1 is 0.382 bits per heavy atom. The standard InChI is InChI=1S/C51H92O15P2/c1-3-5-7-9-11-13-15-17-19-20-21-22-23-24-26-28-30-32-34-36-38-40-51(56)62-42-48(53)44-64-68(59,60)66-46-49(54)45-65-67(57,58)63-43-47(52)41-61-50(55)39-37-35-33-31-29-27-25-18-16-14-12-10-8-6-4-2/h11,13-14,16-17,19,21-22,24,26,47-49,52-54H,3-10,12,15,18,20,23,25,27-46H2,1-2H3,(H,57,58)(H,59,60)/b13-11-,16-14-,19-17-,22-21-,26-24-. The van der Waals surface area contributed by atoms with Crippen LogP contribution in [0.15, 0.2) is 60.8 Å². The summed E-state index contributed by atoms with van der Waals surface area (Å²) in [6.07, 6.45) is 46.3. The van der Waals surface area contributed by atoms with Crippen LogP contribution in [0, 0.1) is 0 Å². The first-order chi connectivity index (χ1) is 32.8. The van der Waals surface area contributed by atoms with Gasteiger partial charge in [0.2, 0.25) is 0 Å². The average molecular weight is 1010 g/mol. The molecule has 0 saturated heterocycles. The molecular weight excluding hydrogens is 914 g/mol. The van der Waals surface area contributed by atoms with Crippen LogP contribution >= 0.6 is 15.6 Å². The molecule has 5 N–H and O–H groups in total. The van der Waals surface area contributed by atoms with Crippen LogP contribution in [0.1, 0.15) is 194 Å². The second-order valence-electron chi connectivity index (χ2n) is 17.2. The van der Waals surface area contributed by atoms with Crippen molar-refractivity contribution in [2.45, 2.75) is 212 Å². The number of phosphoric acid groups is 2. The minimum Gasteiger partial charge on any atom is -0.463 e. The van der Waals surface area contributed by atoms with E-state index in [-0.39, 0.29) is 12.8 Å². The third-order valence-electron chi connectivity index (χ3n) is 10.4. The molecule has 0 amide bonds. The van der Waals surface area contributed by atoms with Gasteiger partial charge in [-0.3, -0.25) is 27.7 Å². The van der Waals surface area contributed by atoms with Crippen molar-refractivity contribution in [2.24, 2.45) is 0 Å². The van der Waals surface area contributed by atoms with Gasteiger partial charge in [0, 0.05) is 12.8 Å². The normalized spacial score (nSPS) is 15.5. The van der Waals surface area contributed by atoms with Gasteiger partial charge in [0.05, 0.1) is 26.4 Å². The van der Waals surface area contributed by atoms with Gasteiger partial charge in [-0.2, -0.15) is 0 Å². The number of hydrogen-bond acceptors (Lipinski definition) is 13. The minimum absolute atomic E-state index is 0.173. The molecule has 5 atom stereocenters. The van der Waals surface area contributed by atoms with Gasteiger partial charge in [0.25, 0.3) is 0 Å². The van der Waals surface area contributed by atoms with Gasteiger partial charge >= 0.3 is 27.6 Å². The quantitative estimate of drug-likeness (QED) is 0.0165. The van der Waals surface area contributed by atoms with E-state index in [4.69, 9.17) is 9.47 Å². The first-order valence-electron chi connectivity index (χ1n) is 25.6. The highest BCUT2D eigenvalue weighted by Gasteiger charge is 2.28. The maximum absolute atomic E-state index is 12.2. The van der Waals surface area contributed by atoms with Crippen molar-refractivity contribution >= 4 is 27.6 Å². The van der Waals surface area contributed by atoms with Crippen LogP contribution in [0.2, 0.25) is 0 Å². The van der Waals surface area contributed by atoms with Gasteiger partial charge in [-0.15, -0.1) is 0 Å². The van der Waals surface area contributed by atoms with Gasteiger partial charge in [-0.05, 0) is 83.5 Å². The maximum atomic E-state index is 12.2. The molecule has 68 heavy (non-hydrogen) atoms. The fourth-order valence-corrected chi connectivity index (χ4v) is 8.02. The largest absolute Gasteiger partial charge is 0.472 e. The van der Waals surface area contributed by atoms with E-state index >= 15 is 0 Å². The summed E-state index contributed by atoms with van der Waals surface area (Å²) < 4.78 is 53.0. The zero-order valence-electron chi connectivity index (χ0n) is 41.8. The Hall–Kier alpha value is -2.26. The Morgan fingerprint density at radius 2 is 0.632 bits per heavy atom. The van der Waals surface area contributed by atoms with Crippen molar-refractivity contribution in [1.82, 2.24) is 0 Å². The van der Waals surface area contributed by atoms with Crippen LogP contribution in [0.3, 0.4) is 0 Å². The van der Waals surface area contributed by atoms with Crippen molar-refractivity contribution in [1.29, 1.82) is 0 Å². The number of rotatable bonds is 49. The van der Waals surface area contributed by atoms with Crippen molar-refractivity contribution < 1.29 is 71.4 Å². The molecule has 0 aromatic rings. The van der Waals surface area contributed by atoms with Crippen molar-refractivity contribution in [3.8, 4) is 0 Å². The number of aliphatic hydroxyl groups excluding tert-OH is 3. The molecule has 0 saturated carbocycles. The lowest BCUT2D eigenvalue weighted by Gasteiger charge is -2.19. The molecule has 15 nitrogen and oxygen atoms in total. The number of allylic oxidation sites excluding steroid dienone is 10. The van der Waals surface area contributed by atoms with Crippen LogP contribution in [0.4, 0.5) is 0 Å². The molecule has 0 heterocycles. The predicted octanol–water partition coefficient (Wildman–Crippen LogP) is 12.2. The molecular formula is C51H92O15P2. The third-order valence-corrected chi connectivity index (χ3v) is 12.3. The van der Waals surface area contributed by atoms with Gasteiger partial charge in [0.15, 0.2) is 0 Å². The summed E-state index contributed by atoms with van der Waals surface area (Å²) in [5.74, 6) is -1.02. The zero-order valence-corrected chi connectivity index (χ0v) is 43.5. The lowest BCUT2D eigenvalue weighted by molar-refractivity contribution is -0.148. The number of phosphoric ester groups is 2. The molecule has 0 radical (unpaired) electrons. The Labute approximate surface area is 410 Å². The number of ether oxygens (including phenoxy) is 2. The van der Waals surface area contributed by atoms with E-state index in [0.29, 0.717) is 12.8 Å². The average Bonchev–Trinajstić information content (AvgIpc) is 3.31.